The number of aromatic nitrogens is 2. The predicted octanol–water partition coefficient (Wildman–Crippen LogP) is 3.40. The van der Waals surface area contributed by atoms with E-state index in [1.807, 2.05) is 6.07 Å². The number of rotatable bonds is 8. The number of methoxy groups -OCH3 is 2. The smallest absolute Gasteiger partial charge is 0.307 e. The van der Waals surface area contributed by atoms with Gasteiger partial charge in [-0.05, 0) is 35.0 Å². The summed E-state index contributed by atoms with van der Waals surface area (Å²) < 4.78 is 16.7. The molecule has 0 atom stereocenters. The number of carbonyl (C=O) groups excluding carboxylic acids is 2. The number of thioether (sulfide) groups is 1. The van der Waals surface area contributed by atoms with Gasteiger partial charge >= 0.3 is 5.69 Å². The lowest BCUT2D eigenvalue weighted by Crippen LogP contribution is -2.39. The van der Waals surface area contributed by atoms with E-state index in [4.69, 9.17) is 14.0 Å². The maximum atomic E-state index is 13.5. The van der Waals surface area contributed by atoms with Crippen molar-refractivity contribution in [2.75, 3.05) is 24.9 Å². The van der Waals surface area contributed by atoms with Crippen molar-refractivity contribution in [1.82, 2.24) is 5.27 Å². The molecule has 0 radical (unpaired) electrons. The molecule has 1 aromatic heterocycles. The lowest BCUT2D eigenvalue weighted by Gasteiger charge is -2.17. The van der Waals surface area contributed by atoms with E-state index in [0.717, 1.165) is 11.8 Å². The number of amides is 1. The molecule has 0 saturated heterocycles. The standard InChI is InChI=1S/C28H22N4O6S/c1-36-21-14-13-18(24(16-21)37-2)15-22-26(34)31(19-9-5-3-6-10-19)28(29-22)39-17-23(33)25-27(35)38-30-32(25)20-11-7-4-8-12-20/h3-16H,17H2,1-2H3/b22-15+. The Balaban J connectivity index is 1.46. The number of para-hydroxylation sites is 2. The topological polar surface area (TPSA) is 121 Å². The van der Waals surface area contributed by atoms with Gasteiger partial charge in [0.25, 0.3) is 5.91 Å². The third-order valence-electron chi connectivity index (χ3n) is 5.78. The molecule has 4 aromatic rings. The molecule has 10 nitrogen and oxygen atoms in total. The SMILES string of the molecule is COc1ccc(/C=C2/N=C(SCC(=O)c3c([O-])on[n+]3-c3ccccc3)N(c3ccccc3)C2=O)c(OC)c1. The van der Waals surface area contributed by atoms with Crippen molar-refractivity contribution in [3.05, 3.63) is 95.8 Å². The summed E-state index contributed by atoms with van der Waals surface area (Å²) in [4.78, 5) is 32.7. The van der Waals surface area contributed by atoms with Gasteiger partial charge in [-0.25, -0.2) is 4.99 Å². The van der Waals surface area contributed by atoms with Gasteiger partial charge in [0.05, 0.1) is 30.9 Å². The van der Waals surface area contributed by atoms with Crippen molar-refractivity contribution >= 4 is 40.4 Å². The Morgan fingerprint density at radius 1 is 1.05 bits per heavy atom. The zero-order valence-electron chi connectivity index (χ0n) is 20.9. The molecule has 11 heteroatoms. The zero-order valence-corrected chi connectivity index (χ0v) is 21.8. The third-order valence-corrected chi connectivity index (χ3v) is 6.72. The number of hydrogen-bond donors (Lipinski definition) is 0. The highest BCUT2D eigenvalue weighted by molar-refractivity contribution is 8.14. The highest BCUT2D eigenvalue weighted by atomic mass is 32.2. The molecule has 2 heterocycles. The van der Waals surface area contributed by atoms with Crippen LogP contribution in [0.15, 0.2) is 94.1 Å². The lowest BCUT2D eigenvalue weighted by molar-refractivity contribution is -0.672. The minimum atomic E-state index is -0.846. The molecule has 39 heavy (non-hydrogen) atoms. The molecule has 0 spiro atoms. The number of ketones is 1. The van der Waals surface area contributed by atoms with Crippen LogP contribution in [0.25, 0.3) is 11.8 Å². The number of benzene rings is 3. The number of Topliss-reactive ketones (excluding diaryl/α,β-unsaturated/α-hetero) is 1. The summed E-state index contributed by atoms with van der Waals surface area (Å²) in [5, 5.41) is 16.4. The summed E-state index contributed by atoms with van der Waals surface area (Å²) in [5.74, 6) is -0.808. The second kappa shape index (κ2) is 11.2. The second-order valence-corrected chi connectivity index (χ2v) is 9.12. The molecule has 0 bridgehead atoms. The number of nitrogens with zero attached hydrogens (tertiary/aromatic N) is 4. The Morgan fingerprint density at radius 3 is 2.46 bits per heavy atom. The third kappa shape index (κ3) is 5.25. The van der Waals surface area contributed by atoms with Crippen LogP contribution in [0.2, 0.25) is 0 Å². The van der Waals surface area contributed by atoms with Crippen LogP contribution in [0, 0.1) is 0 Å². The van der Waals surface area contributed by atoms with Gasteiger partial charge in [0.1, 0.15) is 17.2 Å². The minimum absolute atomic E-state index is 0.158. The fourth-order valence-corrected chi connectivity index (χ4v) is 4.78. The van der Waals surface area contributed by atoms with Gasteiger partial charge in [0.2, 0.25) is 11.5 Å². The first-order chi connectivity index (χ1) is 19.0. The van der Waals surface area contributed by atoms with Gasteiger partial charge in [0, 0.05) is 23.8 Å². The van der Waals surface area contributed by atoms with Gasteiger partial charge in [-0.1, -0.05) is 48.2 Å². The van der Waals surface area contributed by atoms with Gasteiger partial charge in [-0.15, -0.1) is 0 Å². The van der Waals surface area contributed by atoms with Gasteiger partial charge in [0.15, 0.2) is 11.1 Å². The highest BCUT2D eigenvalue weighted by Gasteiger charge is 2.34. The second-order valence-electron chi connectivity index (χ2n) is 8.18. The van der Waals surface area contributed by atoms with Crippen LogP contribution < -0.4 is 24.2 Å². The van der Waals surface area contributed by atoms with E-state index in [0.29, 0.717) is 28.4 Å². The van der Waals surface area contributed by atoms with Crippen molar-refractivity contribution in [1.29, 1.82) is 0 Å². The number of hydrogen-bond acceptors (Lipinski definition) is 9. The van der Waals surface area contributed by atoms with Crippen LogP contribution in [0.3, 0.4) is 0 Å². The first-order valence-electron chi connectivity index (χ1n) is 11.7. The van der Waals surface area contributed by atoms with E-state index in [1.165, 1.54) is 16.7 Å². The molecular formula is C28H22N4O6S. The number of carbonyl (C=O) groups is 2. The molecule has 0 unspecified atom stereocenters. The van der Waals surface area contributed by atoms with E-state index < -0.39 is 11.7 Å². The zero-order chi connectivity index (χ0) is 27.4. The number of aliphatic imine (C=N–C) groups is 1. The average Bonchev–Trinajstić information content (AvgIpc) is 3.51. The lowest BCUT2D eigenvalue weighted by atomic mass is 10.1. The van der Waals surface area contributed by atoms with Crippen LogP contribution in [0.5, 0.6) is 17.4 Å². The Bertz CT molecular complexity index is 1580. The molecule has 0 aliphatic carbocycles. The molecule has 1 aliphatic heterocycles. The quantitative estimate of drug-likeness (QED) is 0.189. The van der Waals surface area contributed by atoms with Crippen molar-refractivity contribution in [3.63, 3.8) is 0 Å². The van der Waals surface area contributed by atoms with Crippen LogP contribution >= 0.6 is 11.8 Å². The monoisotopic (exact) mass is 542 g/mol. The molecule has 0 fully saturated rings. The molecule has 1 aliphatic rings. The summed E-state index contributed by atoms with van der Waals surface area (Å²) in [6.45, 7) is 0. The molecule has 0 saturated carbocycles. The number of amidine groups is 1. The highest BCUT2D eigenvalue weighted by Crippen LogP contribution is 2.32. The average molecular weight is 543 g/mol. The van der Waals surface area contributed by atoms with Gasteiger partial charge < -0.3 is 19.1 Å². The van der Waals surface area contributed by atoms with E-state index in [9.17, 15) is 14.7 Å². The first kappa shape index (κ1) is 25.7. The van der Waals surface area contributed by atoms with E-state index in [2.05, 4.69) is 10.3 Å². The maximum absolute atomic E-state index is 13.5. The summed E-state index contributed by atoms with van der Waals surface area (Å²) in [5.41, 5.74) is 1.66. The summed E-state index contributed by atoms with van der Waals surface area (Å²) in [6, 6.07) is 22.9. The van der Waals surface area contributed by atoms with Crippen molar-refractivity contribution in [3.8, 4) is 23.1 Å². The molecule has 5 rings (SSSR count). The molecule has 3 aromatic carbocycles. The van der Waals surface area contributed by atoms with E-state index >= 15 is 0 Å². The van der Waals surface area contributed by atoms with Crippen LogP contribution in [-0.4, -0.2) is 42.1 Å². The van der Waals surface area contributed by atoms with Crippen LogP contribution in [0.1, 0.15) is 16.1 Å². The number of anilines is 1. The molecule has 0 N–H and O–H groups in total. The predicted molar refractivity (Wildman–Crippen MR) is 143 cm³/mol. The Kier molecular flexibility index (Phi) is 7.41. The fourth-order valence-electron chi connectivity index (χ4n) is 3.91. The van der Waals surface area contributed by atoms with E-state index in [-0.39, 0.29) is 28.2 Å². The summed E-state index contributed by atoms with van der Waals surface area (Å²) in [7, 11) is 3.08. The molecule has 1 amide bonds. The van der Waals surface area contributed by atoms with E-state index in [1.54, 1.807) is 86.0 Å². The summed E-state index contributed by atoms with van der Waals surface area (Å²) in [6.07, 6.45) is 1.62. The fraction of sp³-hybridized carbons (Fsp3) is 0.107. The minimum Gasteiger partial charge on any atom is -0.539 e. The van der Waals surface area contributed by atoms with Crippen LogP contribution in [-0.2, 0) is 4.79 Å². The first-order valence-corrected chi connectivity index (χ1v) is 12.7. The van der Waals surface area contributed by atoms with Crippen molar-refractivity contribution in [2.24, 2.45) is 4.99 Å². The molecular weight excluding hydrogens is 520 g/mol. The Morgan fingerprint density at radius 2 is 1.77 bits per heavy atom. The maximum Gasteiger partial charge on any atom is 0.307 e. The van der Waals surface area contributed by atoms with Gasteiger partial charge in [-0.2, -0.15) is 0 Å². The normalized spacial score (nSPS) is 14.0. The largest absolute Gasteiger partial charge is 0.539 e. The Labute approximate surface area is 227 Å². The van der Waals surface area contributed by atoms with Crippen molar-refractivity contribution < 1.29 is 33.4 Å². The summed E-state index contributed by atoms with van der Waals surface area (Å²) >= 11 is 1.03. The number of ether oxygens (including phenoxy) is 2. The molecule has 196 valence electrons. The van der Waals surface area contributed by atoms with Crippen molar-refractivity contribution in [2.45, 2.75) is 0 Å². The van der Waals surface area contributed by atoms with Gasteiger partial charge in [-0.3, -0.25) is 14.5 Å². The Hall–Kier alpha value is -4.90. The van der Waals surface area contributed by atoms with Crippen LogP contribution in [0.4, 0.5) is 5.69 Å².